The number of methoxy groups -OCH3 is 1. The Kier molecular flexibility index (Phi) is 5.88. The van der Waals surface area contributed by atoms with Crippen LogP contribution in [0.25, 0.3) is 0 Å². The van der Waals surface area contributed by atoms with Crippen molar-refractivity contribution in [1.29, 1.82) is 0 Å². The number of anilines is 1. The molecule has 0 aromatic heterocycles. The van der Waals surface area contributed by atoms with Crippen LogP contribution >= 0.6 is 0 Å². The lowest BCUT2D eigenvalue weighted by Gasteiger charge is -2.33. The molecular weight excluding hydrogens is 262 g/mol. The van der Waals surface area contributed by atoms with Gasteiger partial charge in [0.2, 0.25) is 0 Å². The average molecular weight is 291 g/mol. The highest BCUT2D eigenvalue weighted by Gasteiger charge is 2.18. The second-order valence-corrected chi connectivity index (χ2v) is 6.28. The predicted octanol–water partition coefficient (Wildman–Crippen LogP) is 2.65. The first-order valence-electron chi connectivity index (χ1n) is 7.86. The van der Waals surface area contributed by atoms with E-state index < -0.39 is 0 Å². The SMILES string of the molecule is COc1ccc(CN(C)C)cc1NCC1CCCCN1C. The fraction of sp³-hybridized carbons (Fsp3) is 0.647. The fourth-order valence-corrected chi connectivity index (χ4v) is 2.99. The minimum absolute atomic E-state index is 0.626. The van der Waals surface area contributed by atoms with Gasteiger partial charge in [0.15, 0.2) is 0 Å². The zero-order chi connectivity index (χ0) is 15.2. The first-order valence-corrected chi connectivity index (χ1v) is 7.86. The number of nitrogens with one attached hydrogen (secondary N) is 1. The molecule has 1 saturated heterocycles. The Balaban J connectivity index is 2.02. The van der Waals surface area contributed by atoms with E-state index in [4.69, 9.17) is 4.74 Å². The monoisotopic (exact) mass is 291 g/mol. The summed E-state index contributed by atoms with van der Waals surface area (Å²) in [7, 11) is 8.15. The van der Waals surface area contributed by atoms with Crippen molar-refractivity contribution in [3.8, 4) is 5.75 Å². The molecule has 118 valence electrons. The van der Waals surface area contributed by atoms with Crippen LogP contribution in [0.3, 0.4) is 0 Å². The van der Waals surface area contributed by atoms with Crippen LogP contribution in [0.2, 0.25) is 0 Å². The lowest BCUT2D eigenvalue weighted by molar-refractivity contribution is 0.194. The minimum Gasteiger partial charge on any atom is -0.495 e. The molecular formula is C17H29N3O. The van der Waals surface area contributed by atoms with Crippen molar-refractivity contribution >= 4 is 5.69 Å². The molecule has 1 aliphatic rings. The summed E-state index contributed by atoms with van der Waals surface area (Å²) >= 11 is 0. The number of hydrogen-bond acceptors (Lipinski definition) is 4. The van der Waals surface area contributed by atoms with E-state index in [1.54, 1.807) is 7.11 Å². The topological polar surface area (TPSA) is 27.7 Å². The molecule has 0 aliphatic carbocycles. The average Bonchev–Trinajstić information content (AvgIpc) is 2.46. The Labute approximate surface area is 129 Å². The van der Waals surface area contributed by atoms with Gasteiger partial charge in [-0.3, -0.25) is 0 Å². The number of piperidine rings is 1. The number of nitrogens with zero attached hydrogens (tertiary/aromatic N) is 2. The van der Waals surface area contributed by atoms with Gasteiger partial charge in [0.1, 0.15) is 5.75 Å². The molecule has 21 heavy (non-hydrogen) atoms. The maximum absolute atomic E-state index is 5.48. The molecule has 0 saturated carbocycles. The summed E-state index contributed by atoms with van der Waals surface area (Å²) in [5.41, 5.74) is 2.41. The third kappa shape index (κ3) is 4.61. The van der Waals surface area contributed by atoms with Crippen LogP contribution < -0.4 is 10.1 Å². The standard InChI is InChI=1S/C17H29N3O/c1-19(2)13-14-8-9-17(21-4)16(11-14)18-12-15-7-5-6-10-20(15)3/h8-9,11,15,18H,5-7,10,12-13H2,1-4H3. The van der Waals surface area contributed by atoms with Crippen LogP contribution in [0, 0.1) is 0 Å². The Morgan fingerprint density at radius 1 is 1.33 bits per heavy atom. The summed E-state index contributed by atoms with van der Waals surface area (Å²) in [5.74, 6) is 0.927. The quantitative estimate of drug-likeness (QED) is 0.872. The molecule has 0 radical (unpaired) electrons. The number of ether oxygens (including phenoxy) is 1. The predicted molar refractivity (Wildman–Crippen MR) is 89.1 cm³/mol. The summed E-state index contributed by atoms with van der Waals surface area (Å²) in [5, 5.41) is 3.59. The van der Waals surface area contributed by atoms with E-state index in [0.717, 1.165) is 24.5 Å². The molecule has 4 nitrogen and oxygen atoms in total. The Morgan fingerprint density at radius 2 is 2.14 bits per heavy atom. The van der Waals surface area contributed by atoms with E-state index >= 15 is 0 Å². The van der Waals surface area contributed by atoms with Crippen molar-refractivity contribution in [2.24, 2.45) is 0 Å². The van der Waals surface area contributed by atoms with Crippen LogP contribution in [0.1, 0.15) is 24.8 Å². The molecule has 2 rings (SSSR count). The maximum Gasteiger partial charge on any atom is 0.141 e. The third-order valence-corrected chi connectivity index (χ3v) is 4.21. The van der Waals surface area contributed by atoms with Gasteiger partial charge in [0.25, 0.3) is 0 Å². The summed E-state index contributed by atoms with van der Waals surface area (Å²) in [6.45, 7) is 3.14. The molecule has 1 aliphatic heterocycles. The van der Waals surface area contributed by atoms with Crippen molar-refractivity contribution in [1.82, 2.24) is 9.80 Å². The van der Waals surface area contributed by atoms with Gasteiger partial charge in [-0.15, -0.1) is 0 Å². The van der Waals surface area contributed by atoms with Gasteiger partial charge in [-0.2, -0.15) is 0 Å². The maximum atomic E-state index is 5.48. The van der Waals surface area contributed by atoms with Crippen molar-refractivity contribution in [2.45, 2.75) is 31.8 Å². The first kappa shape index (κ1) is 16.1. The summed E-state index contributed by atoms with van der Waals surface area (Å²) in [6.07, 6.45) is 3.95. The van der Waals surface area contributed by atoms with Crippen LogP contribution in [-0.4, -0.2) is 57.2 Å². The zero-order valence-electron chi connectivity index (χ0n) is 13.9. The van der Waals surface area contributed by atoms with E-state index in [0.29, 0.717) is 6.04 Å². The van der Waals surface area contributed by atoms with Gasteiger partial charge in [-0.05, 0) is 58.2 Å². The van der Waals surface area contributed by atoms with E-state index in [-0.39, 0.29) is 0 Å². The van der Waals surface area contributed by atoms with Crippen molar-refractivity contribution in [3.63, 3.8) is 0 Å². The van der Waals surface area contributed by atoms with Gasteiger partial charge >= 0.3 is 0 Å². The van der Waals surface area contributed by atoms with Gasteiger partial charge in [0.05, 0.1) is 12.8 Å². The number of likely N-dealkylation sites (tertiary alicyclic amines) is 1. The lowest BCUT2D eigenvalue weighted by Crippen LogP contribution is -2.40. The third-order valence-electron chi connectivity index (χ3n) is 4.21. The van der Waals surface area contributed by atoms with Crippen molar-refractivity contribution in [2.75, 3.05) is 46.7 Å². The molecule has 4 heteroatoms. The number of rotatable bonds is 6. The summed E-state index contributed by atoms with van der Waals surface area (Å²) in [4.78, 5) is 4.65. The van der Waals surface area contributed by atoms with Gasteiger partial charge < -0.3 is 19.9 Å². The number of hydrogen-bond donors (Lipinski definition) is 1. The smallest absolute Gasteiger partial charge is 0.141 e. The number of benzene rings is 1. The highest BCUT2D eigenvalue weighted by atomic mass is 16.5. The van der Waals surface area contributed by atoms with Gasteiger partial charge in [-0.1, -0.05) is 12.5 Å². The second-order valence-electron chi connectivity index (χ2n) is 6.28. The summed E-state index contributed by atoms with van der Waals surface area (Å²) in [6, 6.07) is 7.03. The normalized spacial score (nSPS) is 19.8. The lowest BCUT2D eigenvalue weighted by atomic mass is 10.0. The molecule has 1 heterocycles. The van der Waals surface area contributed by atoms with E-state index in [1.165, 1.54) is 31.4 Å². The highest BCUT2D eigenvalue weighted by molar-refractivity contribution is 5.58. The van der Waals surface area contributed by atoms with Crippen LogP contribution in [0.4, 0.5) is 5.69 Å². The molecule has 1 aromatic rings. The van der Waals surface area contributed by atoms with Crippen LogP contribution in [0.15, 0.2) is 18.2 Å². The summed E-state index contributed by atoms with van der Waals surface area (Å²) < 4.78 is 5.48. The van der Waals surface area contributed by atoms with E-state index in [2.05, 4.69) is 54.5 Å². The van der Waals surface area contributed by atoms with Crippen LogP contribution in [0.5, 0.6) is 5.75 Å². The van der Waals surface area contributed by atoms with Crippen LogP contribution in [-0.2, 0) is 6.54 Å². The van der Waals surface area contributed by atoms with E-state index in [1.807, 2.05) is 0 Å². The molecule has 1 N–H and O–H groups in total. The molecule has 0 amide bonds. The second kappa shape index (κ2) is 7.66. The molecule has 0 spiro atoms. The number of likely N-dealkylation sites (N-methyl/N-ethyl adjacent to an activating group) is 1. The molecule has 1 unspecified atom stereocenters. The highest BCUT2D eigenvalue weighted by Crippen LogP contribution is 2.26. The van der Waals surface area contributed by atoms with E-state index in [9.17, 15) is 0 Å². The minimum atomic E-state index is 0.626. The molecule has 1 aromatic carbocycles. The van der Waals surface area contributed by atoms with Crippen molar-refractivity contribution < 1.29 is 4.74 Å². The Morgan fingerprint density at radius 3 is 2.81 bits per heavy atom. The van der Waals surface area contributed by atoms with Gasteiger partial charge in [0, 0.05) is 19.1 Å². The largest absolute Gasteiger partial charge is 0.495 e. The Bertz CT molecular complexity index is 448. The molecule has 1 fully saturated rings. The van der Waals surface area contributed by atoms with Crippen molar-refractivity contribution in [3.05, 3.63) is 23.8 Å². The van der Waals surface area contributed by atoms with Gasteiger partial charge in [-0.25, -0.2) is 0 Å². The fourth-order valence-electron chi connectivity index (χ4n) is 2.99. The molecule has 0 bridgehead atoms. The Hall–Kier alpha value is -1.26. The zero-order valence-corrected chi connectivity index (χ0v) is 13.9. The molecule has 1 atom stereocenters. The first-order chi connectivity index (χ1) is 10.1.